The lowest BCUT2D eigenvalue weighted by Crippen LogP contribution is -2.64. The van der Waals surface area contributed by atoms with Gasteiger partial charge in [-0.25, -0.2) is 4.79 Å². The molecule has 0 amide bonds. The van der Waals surface area contributed by atoms with Crippen LogP contribution in [0, 0.1) is 5.82 Å². The van der Waals surface area contributed by atoms with Crippen molar-refractivity contribution in [1.82, 2.24) is 9.55 Å². The number of aliphatic hydroxyl groups is 4. The number of hydrogen-bond donors (Lipinski definition) is 5. The molecule has 5 N–H and O–H groups in total. The summed E-state index contributed by atoms with van der Waals surface area (Å²) in [6.45, 7) is 1.51. The molecule has 150 valence electrons. The highest BCUT2D eigenvalue weighted by atomic mass is 19.1. The molecule has 2 rings (SSSR count). The Kier molecular flexibility index (Phi) is 5.22. The zero-order valence-corrected chi connectivity index (χ0v) is 13.8. The molecule has 0 aromatic carbocycles. The molecule has 13 nitrogen and oxygen atoms in total. The van der Waals surface area contributed by atoms with E-state index in [9.17, 15) is 44.0 Å². The van der Waals surface area contributed by atoms with Crippen LogP contribution in [0.1, 0.15) is 20.1 Å². The van der Waals surface area contributed by atoms with Crippen molar-refractivity contribution in [2.45, 2.75) is 44.0 Å². The molecule has 0 spiro atoms. The van der Waals surface area contributed by atoms with Gasteiger partial charge in [-0.2, -0.15) is 4.39 Å². The van der Waals surface area contributed by atoms with Crippen molar-refractivity contribution >= 4 is 11.9 Å². The zero-order chi connectivity index (χ0) is 20.7. The first-order chi connectivity index (χ1) is 12.3. The summed E-state index contributed by atoms with van der Waals surface area (Å²) in [6.07, 6.45) is -7.14. The van der Waals surface area contributed by atoms with Crippen LogP contribution in [0.15, 0.2) is 15.8 Å². The maximum atomic E-state index is 13.6. The molecule has 0 unspecified atom stereocenters. The SMILES string of the molecule is CC(=O)O[C@@]1(O)[C@@H](C(O)O)O[C@@H](n2cc(F)c(=O)[nH]c2=O)[C@@]1(O)OC(C)=O. The second kappa shape index (κ2) is 6.82. The Morgan fingerprint density at radius 2 is 1.74 bits per heavy atom. The van der Waals surface area contributed by atoms with Gasteiger partial charge in [-0.05, 0) is 0 Å². The first-order valence-electron chi connectivity index (χ1n) is 7.20. The van der Waals surface area contributed by atoms with Gasteiger partial charge in [0.1, 0.15) is 0 Å². The van der Waals surface area contributed by atoms with Crippen LogP contribution in [-0.2, 0) is 23.8 Å². The summed E-state index contributed by atoms with van der Waals surface area (Å²) >= 11 is 0. The van der Waals surface area contributed by atoms with Crippen LogP contribution in [-0.4, -0.2) is 65.9 Å². The van der Waals surface area contributed by atoms with Crippen LogP contribution in [0.5, 0.6) is 0 Å². The van der Waals surface area contributed by atoms with E-state index in [0.29, 0.717) is 0 Å². The van der Waals surface area contributed by atoms with Crippen LogP contribution in [0.25, 0.3) is 0 Å². The summed E-state index contributed by atoms with van der Waals surface area (Å²) in [5.41, 5.74) is -2.82. The second-order valence-electron chi connectivity index (χ2n) is 5.55. The lowest BCUT2D eigenvalue weighted by molar-refractivity contribution is -0.366. The number of aromatic amines is 1. The Balaban J connectivity index is 2.75. The molecule has 27 heavy (non-hydrogen) atoms. The Bertz CT molecular complexity index is 880. The summed E-state index contributed by atoms with van der Waals surface area (Å²) in [7, 11) is 0. The highest BCUT2D eigenvalue weighted by Gasteiger charge is 2.74. The van der Waals surface area contributed by atoms with Crippen LogP contribution in [0.4, 0.5) is 4.39 Å². The van der Waals surface area contributed by atoms with Crippen LogP contribution in [0.2, 0.25) is 0 Å². The van der Waals surface area contributed by atoms with Crippen molar-refractivity contribution in [3.63, 3.8) is 0 Å². The molecular weight excluding hydrogens is 379 g/mol. The number of carbonyl (C=O) groups excluding carboxylic acids is 2. The predicted octanol–water partition coefficient (Wildman–Crippen LogP) is -3.61. The normalized spacial score (nSPS) is 30.4. The largest absolute Gasteiger partial charge is 0.423 e. The number of halogens is 1. The first-order valence-corrected chi connectivity index (χ1v) is 7.20. The second-order valence-corrected chi connectivity index (χ2v) is 5.55. The third kappa shape index (κ3) is 3.35. The maximum absolute atomic E-state index is 13.6. The summed E-state index contributed by atoms with van der Waals surface area (Å²) < 4.78 is 27.7. The average molecular weight is 394 g/mol. The summed E-state index contributed by atoms with van der Waals surface area (Å²) in [6, 6.07) is 0. The Morgan fingerprint density at radius 1 is 1.22 bits per heavy atom. The fraction of sp³-hybridized carbons (Fsp3) is 0.538. The van der Waals surface area contributed by atoms with Gasteiger partial charge in [-0.15, -0.1) is 0 Å². The van der Waals surface area contributed by atoms with E-state index < -0.39 is 59.2 Å². The van der Waals surface area contributed by atoms with Gasteiger partial charge in [0.05, 0.1) is 6.20 Å². The number of aromatic nitrogens is 2. The lowest BCUT2D eigenvalue weighted by Gasteiger charge is -2.38. The number of nitrogens with one attached hydrogen (secondary N) is 1. The minimum absolute atomic E-state index is 0.149. The van der Waals surface area contributed by atoms with E-state index in [2.05, 4.69) is 9.47 Å². The third-order valence-corrected chi connectivity index (χ3v) is 3.56. The van der Waals surface area contributed by atoms with Gasteiger partial charge < -0.3 is 34.6 Å². The fourth-order valence-electron chi connectivity index (χ4n) is 2.56. The molecule has 1 aromatic rings. The fourth-order valence-corrected chi connectivity index (χ4v) is 2.56. The van der Waals surface area contributed by atoms with Gasteiger partial charge in [0, 0.05) is 13.8 Å². The number of aliphatic hydroxyl groups excluding tert-OH is 1. The summed E-state index contributed by atoms with van der Waals surface area (Å²) in [5.74, 6) is -11.0. The standard InChI is InChI=1S/C13H15FN2O11/c1-4(17)26-12(23)7(9(20)21)25-10(13(12,24)27-5(2)18)16-3-6(14)8(19)15-11(16)22/h3,7,9-10,20-21,23-24H,1-2H3,(H,15,19,22)/t7-,10-,12+,13-/m1/s1. The number of rotatable bonds is 4. The highest BCUT2D eigenvalue weighted by Crippen LogP contribution is 2.47. The van der Waals surface area contributed by atoms with Gasteiger partial charge in [-0.3, -0.25) is 23.9 Å². The number of ether oxygens (including phenoxy) is 3. The lowest BCUT2D eigenvalue weighted by atomic mass is 10.0. The predicted molar refractivity (Wildman–Crippen MR) is 76.8 cm³/mol. The Hall–Kier alpha value is -2.65. The molecule has 1 fully saturated rings. The van der Waals surface area contributed by atoms with Crippen LogP contribution < -0.4 is 11.2 Å². The van der Waals surface area contributed by atoms with Crippen molar-refractivity contribution in [2.24, 2.45) is 0 Å². The number of hydrogen-bond acceptors (Lipinski definition) is 11. The van der Waals surface area contributed by atoms with Crippen molar-refractivity contribution in [3.05, 3.63) is 32.9 Å². The van der Waals surface area contributed by atoms with E-state index in [1.54, 1.807) is 0 Å². The summed E-state index contributed by atoms with van der Waals surface area (Å²) in [4.78, 5) is 47.4. The van der Waals surface area contributed by atoms with Crippen molar-refractivity contribution in [1.29, 1.82) is 0 Å². The monoisotopic (exact) mass is 394 g/mol. The van der Waals surface area contributed by atoms with Gasteiger partial charge in [0.15, 0.2) is 12.4 Å². The molecule has 4 atom stereocenters. The molecule has 1 aliphatic heterocycles. The zero-order valence-electron chi connectivity index (χ0n) is 13.8. The molecule has 1 aliphatic rings. The number of nitrogens with zero attached hydrogens (tertiary/aromatic N) is 1. The van der Waals surface area contributed by atoms with Crippen molar-refractivity contribution < 1.29 is 48.6 Å². The van der Waals surface area contributed by atoms with Gasteiger partial charge in [0.2, 0.25) is 12.0 Å². The van der Waals surface area contributed by atoms with E-state index >= 15 is 0 Å². The Morgan fingerprint density at radius 3 is 2.22 bits per heavy atom. The molecular formula is C13H15FN2O11. The third-order valence-electron chi connectivity index (χ3n) is 3.56. The number of carbonyl (C=O) groups is 2. The molecule has 0 bridgehead atoms. The maximum Gasteiger partial charge on any atom is 0.330 e. The summed E-state index contributed by atoms with van der Waals surface area (Å²) in [5, 5.41) is 40.2. The number of esters is 2. The minimum Gasteiger partial charge on any atom is -0.423 e. The van der Waals surface area contributed by atoms with Crippen LogP contribution in [0.3, 0.4) is 0 Å². The average Bonchev–Trinajstić information content (AvgIpc) is 2.70. The number of H-pyrrole nitrogens is 1. The van der Waals surface area contributed by atoms with E-state index in [4.69, 9.17) is 4.74 Å². The van der Waals surface area contributed by atoms with Crippen molar-refractivity contribution in [3.8, 4) is 0 Å². The molecule has 2 heterocycles. The quantitative estimate of drug-likeness (QED) is 0.250. The van der Waals surface area contributed by atoms with E-state index in [1.165, 1.54) is 4.98 Å². The smallest absolute Gasteiger partial charge is 0.330 e. The molecule has 0 saturated carbocycles. The van der Waals surface area contributed by atoms with Crippen LogP contribution >= 0.6 is 0 Å². The molecule has 1 saturated heterocycles. The first kappa shape index (κ1) is 20.7. The topological polar surface area (TPSA) is 198 Å². The molecule has 1 aromatic heterocycles. The van der Waals surface area contributed by atoms with E-state index in [0.717, 1.165) is 13.8 Å². The van der Waals surface area contributed by atoms with Gasteiger partial charge >= 0.3 is 29.2 Å². The van der Waals surface area contributed by atoms with Crippen molar-refractivity contribution in [2.75, 3.05) is 0 Å². The minimum atomic E-state index is -3.45. The Labute approximate surface area is 148 Å². The molecule has 14 heteroatoms. The van der Waals surface area contributed by atoms with Gasteiger partial charge in [-0.1, -0.05) is 0 Å². The molecule has 0 aliphatic carbocycles. The van der Waals surface area contributed by atoms with E-state index in [1.807, 2.05) is 0 Å². The van der Waals surface area contributed by atoms with E-state index in [-0.39, 0.29) is 10.8 Å². The molecule has 0 radical (unpaired) electrons. The highest BCUT2D eigenvalue weighted by molar-refractivity contribution is 5.68. The van der Waals surface area contributed by atoms with Gasteiger partial charge in [0.25, 0.3) is 5.56 Å².